The highest BCUT2D eigenvalue weighted by Gasteiger charge is 2.21. The summed E-state index contributed by atoms with van der Waals surface area (Å²) >= 11 is 1.38. The minimum atomic E-state index is -0.728. The minimum absolute atomic E-state index is 0.0840. The molecule has 9 heteroatoms. The van der Waals surface area contributed by atoms with Gasteiger partial charge in [-0.25, -0.2) is 9.37 Å². The van der Waals surface area contributed by atoms with Crippen molar-refractivity contribution in [2.45, 2.75) is 26.0 Å². The molecule has 0 bridgehead atoms. The van der Waals surface area contributed by atoms with Gasteiger partial charge in [-0.15, -0.1) is 11.3 Å². The molecular formula is C20H23FN4O3S. The number of amides is 1. The summed E-state index contributed by atoms with van der Waals surface area (Å²) in [7, 11) is 1.83. The molecule has 1 atom stereocenters. The highest BCUT2D eigenvalue weighted by molar-refractivity contribution is 7.11. The summed E-state index contributed by atoms with van der Waals surface area (Å²) in [4.78, 5) is 21.0. The topological polar surface area (TPSA) is 110 Å². The maximum Gasteiger partial charge on any atom is 0.268 e. The third-order valence-electron chi connectivity index (χ3n) is 4.53. The maximum atomic E-state index is 13.6. The van der Waals surface area contributed by atoms with E-state index in [0.29, 0.717) is 29.9 Å². The quantitative estimate of drug-likeness (QED) is 0.386. The summed E-state index contributed by atoms with van der Waals surface area (Å²) in [5, 5.41) is 25.5. The van der Waals surface area contributed by atoms with E-state index >= 15 is 0 Å². The van der Waals surface area contributed by atoms with Gasteiger partial charge in [-0.1, -0.05) is 0 Å². The van der Waals surface area contributed by atoms with Gasteiger partial charge in [-0.2, -0.15) is 0 Å². The molecule has 1 aromatic carbocycles. The first-order chi connectivity index (χ1) is 13.9. The zero-order valence-electron chi connectivity index (χ0n) is 16.1. The van der Waals surface area contributed by atoms with E-state index in [1.165, 1.54) is 23.5 Å². The number of aliphatic hydroxyl groups is 1. The average molecular weight is 418 g/mol. The van der Waals surface area contributed by atoms with Crippen LogP contribution >= 0.6 is 11.3 Å². The molecule has 0 aliphatic carbocycles. The Morgan fingerprint density at radius 3 is 2.79 bits per heavy atom. The van der Waals surface area contributed by atoms with Crippen LogP contribution in [0, 0.1) is 12.7 Å². The molecule has 3 rings (SSSR count). The number of aromatic amines is 1. The van der Waals surface area contributed by atoms with Crippen molar-refractivity contribution >= 4 is 17.2 Å². The van der Waals surface area contributed by atoms with Crippen LogP contribution in [0.15, 0.2) is 30.3 Å². The summed E-state index contributed by atoms with van der Waals surface area (Å²) < 4.78 is 13.6. The van der Waals surface area contributed by atoms with E-state index in [-0.39, 0.29) is 18.6 Å². The van der Waals surface area contributed by atoms with Crippen LogP contribution in [-0.4, -0.2) is 39.7 Å². The zero-order valence-corrected chi connectivity index (χ0v) is 16.9. The fourth-order valence-corrected chi connectivity index (χ4v) is 3.91. The Hall–Kier alpha value is -2.75. The number of aliphatic hydroxyl groups excluding tert-OH is 1. The predicted octanol–water partition coefficient (Wildman–Crippen LogP) is 2.86. The number of phenolic OH excluding ortho intramolecular Hbond substituents is 1. The lowest BCUT2D eigenvalue weighted by atomic mass is 10.1. The average Bonchev–Trinajstić information content (AvgIpc) is 3.34. The molecule has 0 saturated carbocycles. The van der Waals surface area contributed by atoms with E-state index in [0.717, 1.165) is 15.6 Å². The van der Waals surface area contributed by atoms with Crippen LogP contribution in [0.4, 0.5) is 4.39 Å². The molecule has 3 aromatic rings. The van der Waals surface area contributed by atoms with Gasteiger partial charge in [0.15, 0.2) is 11.6 Å². The van der Waals surface area contributed by atoms with Crippen LogP contribution in [0.1, 0.15) is 38.5 Å². The van der Waals surface area contributed by atoms with Crippen LogP contribution in [0.3, 0.4) is 0 Å². The van der Waals surface area contributed by atoms with Crippen molar-refractivity contribution in [2.24, 2.45) is 0 Å². The third kappa shape index (κ3) is 4.81. The van der Waals surface area contributed by atoms with Crippen molar-refractivity contribution < 1.29 is 19.4 Å². The molecule has 0 spiro atoms. The molecule has 0 aliphatic heterocycles. The smallest absolute Gasteiger partial charge is 0.268 e. The number of nitrogens with one attached hydrogen (secondary N) is 3. The standard InChI is InChI=1S/C20H23FN4O3S/c1-11-18(10-26)29-20(23-11)16(7-8-22-2)25-19(28)15-5-4-14(24-15)12-3-6-17(27)13(21)9-12/h3-6,9,16,22,24,26-27H,7-8,10H2,1-2H3,(H,25,28). The number of phenols is 1. The summed E-state index contributed by atoms with van der Waals surface area (Å²) in [5.74, 6) is -1.46. The number of nitrogens with zero attached hydrogens (tertiary/aromatic N) is 1. The van der Waals surface area contributed by atoms with Gasteiger partial charge in [0.2, 0.25) is 0 Å². The second-order valence-corrected chi connectivity index (χ2v) is 7.70. The van der Waals surface area contributed by atoms with E-state index in [1.54, 1.807) is 18.2 Å². The molecule has 1 amide bonds. The van der Waals surface area contributed by atoms with Crippen molar-refractivity contribution in [2.75, 3.05) is 13.6 Å². The van der Waals surface area contributed by atoms with Gasteiger partial charge in [0.05, 0.1) is 23.2 Å². The number of aromatic hydroxyl groups is 1. The molecule has 2 heterocycles. The van der Waals surface area contributed by atoms with Gasteiger partial charge in [0.1, 0.15) is 10.7 Å². The SMILES string of the molecule is CNCCC(NC(=O)c1ccc(-c2ccc(O)c(F)c2)[nH]1)c1nc(C)c(CO)s1. The summed E-state index contributed by atoms with van der Waals surface area (Å²) in [6.07, 6.45) is 0.636. The number of rotatable bonds is 8. The van der Waals surface area contributed by atoms with Crippen molar-refractivity contribution in [1.29, 1.82) is 0 Å². The Morgan fingerprint density at radius 2 is 2.14 bits per heavy atom. The Morgan fingerprint density at radius 1 is 1.34 bits per heavy atom. The fourth-order valence-electron chi connectivity index (χ4n) is 2.90. The monoisotopic (exact) mass is 418 g/mol. The largest absolute Gasteiger partial charge is 0.505 e. The molecule has 5 N–H and O–H groups in total. The number of carbonyl (C=O) groups is 1. The maximum absolute atomic E-state index is 13.6. The second kappa shape index (κ2) is 9.17. The summed E-state index contributed by atoms with van der Waals surface area (Å²) in [6.45, 7) is 2.43. The molecular weight excluding hydrogens is 395 g/mol. The molecule has 0 radical (unpaired) electrons. The van der Waals surface area contributed by atoms with Crippen LogP contribution in [0.2, 0.25) is 0 Å². The van der Waals surface area contributed by atoms with E-state index in [2.05, 4.69) is 20.6 Å². The molecule has 7 nitrogen and oxygen atoms in total. The van der Waals surface area contributed by atoms with Crippen molar-refractivity contribution in [3.63, 3.8) is 0 Å². The van der Waals surface area contributed by atoms with Gasteiger partial charge in [0, 0.05) is 11.3 Å². The van der Waals surface area contributed by atoms with Crippen molar-refractivity contribution in [1.82, 2.24) is 20.6 Å². The lowest BCUT2D eigenvalue weighted by Gasteiger charge is -2.16. The van der Waals surface area contributed by atoms with Crippen molar-refractivity contribution in [3.05, 3.63) is 57.4 Å². The second-order valence-electron chi connectivity index (χ2n) is 6.59. The van der Waals surface area contributed by atoms with Crippen LogP contribution < -0.4 is 10.6 Å². The number of hydrogen-bond acceptors (Lipinski definition) is 6. The van der Waals surface area contributed by atoms with E-state index in [9.17, 15) is 19.4 Å². The van der Waals surface area contributed by atoms with Crippen molar-refractivity contribution in [3.8, 4) is 17.0 Å². The van der Waals surface area contributed by atoms with Crippen LogP contribution in [0.5, 0.6) is 5.75 Å². The lowest BCUT2D eigenvalue weighted by molar-refractivity contribution is 0.0930. The van der Waals surface area contributed by atoms with Gasteiger partial charge < -0.3 is 25.8 Å². The number of H-pyrrole nitrogens is 1. The van der Waals surface area contributed by atoms with Gasteiger partial charge in [-0.3, -0.25) is 4.79 Å². The molecule has 0 saturated heterocycles. The highest BCUT2D eigenvalue weighted by atomic mass is 32.1. The number of halogens is 1. The van der Waals surface area contributed by atoms with Gasteiger partial charge in [-0.05, 0) is 57.3 Å². The number of aromatic nitrogens is 2. The third-order valence-corrected chi connectivity index (χ3v) is 5.78. The number of hydrogen-bond donors (Lipinski definition) is 5. The van der Waals surface area contributed by atoms with Crippen LogP contribution in [0.25, 0.3) is 11.3 Å². The number of carbonyl (C=O) groups excluding carboxylic acids is 1. The first-order valence-electron chi connectivity index (χ1n) is 9.13. The first-order valence-corrected chi connectivity index (χ1v) is 9.95. The Balaban J connectivity index is 1.78. The number of aryl methyl sites for hydroxylation is 1. The summed E-state index contributed by atoms with van der Waals surface area (Å²) in [5.41, 5.74) is 2.18. The number of thiazole rings is 1. The molecule has 0 fully saturated rings. The molecule has 1 unspecified atom stereocenters. The zero-order chi connectivity index (χ0) is 21.0. The van der Waals surface area contributed by atoms with E-state index < -0.39 is 11.6 Å². The summed E-state index contributed by atoms with van der Waals surface area (Å²) in [6, 6.07) is 7.03. The Kier molecular flexibility index (Phi) is 6.63. The molecule has 29 heavy (non-hydrogen) atoms. The van der Waals surface area contributed by atoms with E-state index in [4.69, 9.17) is 0 Å². The Bertz CT molecular complexity index is 1000. The fraction of sp³-hybridized carbons (Fsp3) is 0.300. The normalized spacial score (nSPS) is 12.1. The first kappa shape index (κ1) is 21.0. The minimum Gasteiger partial charge on any atom is -0.505 e. The molecule has 0 aliphatic rings. The Labute approximate surface area is 171 Å². The number of benzene rings is 1. The molecule has 2 aromatic heterocycles. The van der Waals surface area contributed by atoms with Gasteiger partial charge >= 0.3 is 0 Å². The van der Waals surface area contributed by atoms with Gasteiger partial charge in [0.25, 0.3) is 5.91 Å². The molecule has 154 valence electrons. The van der Waals surface area contributed by atoms with E-state index in [1.807, 2.05) is 14.0 Å². The highest BCUT2D eigenvalue weighted by Crippen LogP contribution is 2.27. The predicted molar refractivity (Wildman–Crippen MR) is 109 cm³/mol. The lowest BCUT2D eigenvalue weighted by Crippen LogP contribution is -2.30. The van der Waals surface area contributed by atoms with Crippen LogP contribution in [-0.2, 0) is 6.61 Å².